The van der Waals surface area contributed by atoms with E-state index in [2.05, 4.69) is 79.2 Å². The zero-order valence-corrected chi connectivity index (χ0v) is 23.0. The van der Waals surface area contributed by atoms with E-state index >= 15 is 0 Å². The van der Waals surface area contributed by atoms with Gasteiger partial charge >= 0.3 is 0 Å². The molecule has 1 saturated carbocycles. The Hall–Kier alpha value is -4.24. The monoisotopic (exact) mass is 533 g/mol. The van der Waals surface area contributed by atoms with Gasteiger partial charge in [0.1, 0.15) is 11.2 Å². The molecular weight excluding hydrogens is 498 g/mol. The third-order valence-corrected chi connectivity index (χ3v) is 8.44. The van der Waals surface area contributed by atoms with Crippen molar-refractivity contribution in [2.75, 3.05) is 43.4 Å². The minimum Gasteiger partial charge on any atom is -0.367 e. The first-order chi connectivity index (χ1) is 19.6. The molecule has 3 N–H and O–H groups in total. The zero-order chi connectivity index (χ0) is 27.1. The lowest BCUT2D eigenvalue weighted by molar-refractivity contribution is 0.313. The second-order valence-electron chi connectivity index (χ2n) is 11.2. The normalized spacial score (nSPS) is 17.1. The van der Waals surface area contributed by atoms with E-state index in [0.717, 1.165) is 82.3 Å². The van der Waals surface area contributed by atoms with Crippen molar-refractivity contribution in [3.05, 3.63) is 61.2 Å². The van der Waals surface area contributed by atoms with Gasteiger partial charge in [0, 0.05) is 49.0 Å². The fourth-order valence-electron chi connectivity index (χ4n) is 6.07. The molecular formula is C31H35N9. The lowest BCUT2D eigenvalue weighted by Gasteiger charge is -2.34. The molecule has 2 fully saturated rings. The molecule has 0 spiro atoms. The highest BCUT2D eigenvalue weighted by atomic mass is 15.3. The molecule has 5 heterocycles. The van der Waals surface area contributed by atoms with Crippen LogP contribution in [0, 0.1) is 5.92 Å². The van der Waals surface area contributed by atoms with Crippen molar-refractivity contribution in [3.8, 4) is 22.8 Å². The fourth-order valence-corrected chi connectivity index (χ4v) is 6.07. The Labute approximate surface area is 233 Å². The Morgan fingerprint density at radius 3 is 2.70 bits per heavy atom. The van der Waals surface area contributed by atoms with E-state index < -0.39 is 0 Å². The van der Waals surface area contributed by atoms with Gasteiger partial charge in [-0.2, -0.15) is 5.10 Å². The molecule has 0 atom stereocenters. The summed E-state index contributed by atoms with van der Waals surface area (Å²) in [6, 6.07) is 10.5. The molecule has 0 radical (unpaired) electrons. The predicted octanol–water partition coefficient (Wildman–Crippen LogP) is 5.82. The van der Waals surface area contributed by atoms with E-state index in [4.69, 9.17) is 9.97 Å². The number of pyridine rings is 2. The van der Waals surface area contributed by atoms with Crippen LogP contribution in [0.25, 0.3) is 44.7 Å². The quantitative estimate of drug-likeness (QED) is 0.253. The van der Waals surface area contributed by atoms with Gasteiger partial charge in [-0.25, -0.2) is 4.98 Å². The van der Waals surface area contributed by atoms with Crippen LogP contribution in [0.2, 0.25) is 0 Å². The number of likely N-dealkylation sites (N-methyl/N-ethyl adjacent to an activating group) is 1. The van der Waals surface area contributed by atoms with Gasteiger partial charge in [0.2, 0.25) is 0 Å². The van der Waals surface area contributed by atoms with Crippen molar-refractivity contribution >= 4 is 33.3 Å². The van der Waals surface area contributed by atoms with E-state index in [1.165, 1.54) is 37.8 Å². The van der Waals surface area contributed by atoms with Gasteiger partial charge < -0.3 is 20.1 Å². The molecule has 1 aliphatic carbocycles. The van der Waals surface area contributed by atoms with Crippen molar-refractivity contribution < 1.29 is 0 Å². The first-order valence-electron chi connectivity index (χ1n) is 14.3. The third kappa shape index (κ3) is 4.70. The number of hydrogen-bond acceptors (Lipinski definition) is 7. The average molecular weight is 534 g/mol. The molecule has 7 rings (SSSR count). The summed E-state index contributed by atoms with van der Waals surface area (Å²) in [5.74, 6) is 1.28. The average Bonchev–Trinajstić information content (AvgIpc) is 3.62. The van der Waals surface area contributed by atoms with Crippen molar-refractivity contribution in [2.24, 2.45) is 5.92 Å². The molecule has 40 heavy (non-hydrogen) atoms. The summed E-state index contributed by atoms with van der Waals surface area (Å²) in [7, 11) is 2.17. The van der Waals surface area contributed by atoms with Crippen LogP contribution in [0.4, 0.5) is 11.4 Å². The van der Waals surface area contributed by atoms with E-state index in [0.29, 0.717) is 5.92 Å². The van der Waals surface area contributed by atoms with Crippen LogP contribution in [0.3, 0.4) is 0 Å². The summed E-state index contributed by atoms with van der Waals surface area (Å²) in [5, 5.41) is 12.3. The van der Waals surface area contributed by atoms with E-state index in [-0.39, 0.29) is 0 Å². The summed E-state index contributed by atoms with van der Waals surface area (Å²) in [6.45, 7) is 8.42. The van der Waals surface area contributed by atoms with Crippen molar-refractivity contribution in [1.82, 2.24) is 35.0 Å². The van der Waals surface area contributed by atoms with Crippen LogP contribution < -0.4 is 10.2 Å². The van der Waals surface area contributed by atoms with Gasteiger partial charge in [0.15, 0.2) is 5.82 Å². The van der Waals surface area contributed by atoms with E-state index in [9.17, 15) is 0 Å². The number of imidazole rings is 1. The van der Waals surface area contributed by atoms with Crippen molar-refractivity contribution in [3.63, 3.8) is 0 Å². The maximum absolute atomic E-state index is 5.05. The molecule has 0 bridgehead atoms. The van der Waals surface area contributed by atoms with Gasteiger partial charge in [0.05, 0.1) is 40.5 Å². The number of rotatable bonds is 6. The molecule has 9 nitrogen and oxygen atoms in total. The topological polar surface area (TPSA) is 102 Å². The Kier molecular flexibility index (Phi) is 6.43. The number of H-pyrrole nitrogens is 2. The smallest absolute Gasteiger partial charge is 0.159 e. The number of aromatic amines is 2. The van der Waals surface area contributed by atoms with Crippen LogP contribution in [0.5, 0.6) is 0 Å². The lowest BCUT2D eigenvalue weighted by atomic mass is 9.87. The number of nitrogens with one attached hydrogen (secondary N) is 3. The third-order valence-electron chi connectivity index (χ3n) is 8.44. The Morgan fingerprint density at radius 2 is 1.85 bits per heavy atom. The first-order valence-corrected chi connectivity index (χ1v) is 14.3. The van der Waals surface area contributed by atoms with Crippen molar-refractivity contribution in [1.29, 1.82) is 0 Å². The Bertz CT molecular complexity index is 1670. The van der Waals surface area contributed by atoms with Gasteiger partial charge in [-0.05, 0) is 50.1 Å². The summed E-state index contributed by atoms with van der Waals surface area (Å²) in [5.41, 5.74) is 8.61. The number of anilines is 2. The highest BCUT2D eigenvalue weighted by Crippen LogP contribution is 2.33. The molecule has 9 heteroatoms. The van der Waals surface area contributed by atoms with Gasteiger partial charge in [0.25, 0.3) is 0 Å². The number of para-hydroxylation sites is 1. The molecule has 4 aromatic heterocycles. The molecule has 0 amide bonds. The standard InChI is InChI=1S/C31H35N9/c1-20(21-7-4-3-5-8-21)34-23-15-22(17-32-18-23)26-16-24-27(19-33-26)37-38-29(24)31-35-25-9-6-10-28(30(25)36-31)40-13-11-39(2)12-14-40/h6,9-10,15-19,21,34H,1,3-5,7-8,11-14H2,2H3,(H,35,36)(H,37,38). The second kappa shape index (κ2) is 10.4. The SMILES string of the molecule is C=C(Nc1cncc(-c2cc3c(-c4nc5c(N6CCN(C)CC6)cccc5[nH]4)n[nH]c3cn2)c1)C1CCCCC1. The summed E-state index contributed by atoms with van der Waals surface area (Å²) in [4.78, 5) is 22.6. The van der Waals surface area contributed by atoms with Crippen LogP contribution in [-0.2, 0) is 0 Å². The predicted molar refractivity (Wildman–Crippen MR) is 161 cm³/mol. The van der Waals surface area contributed by atoms with Crippen LogP contribution in [0.15, 0.2) is 61.2 Å². The zero-order valence-electron chi connectivity index (χ0n) is 23.0. The minimum absolute atomic E-state index is 0.529. The fraction of sp³-hybridized carbons (Fsp3) is 0.355. The molecule has 204 valence electrons. The summed E-state index contributed by atoms with van der Waals surface area (Å²) in [6.07, 6.45) is 11.8. The van der Waals surface area contributed by atoms with Crippen LogP contribution >= 0.6 is 0 Å². The number of aromatic nitrogens is 6. The maximum Gasteiger partial charge on any atom is 0.159 e. The molecule has 1 aliphatic heterocycles. The number of benzene rings is 1. The van der Waals surface area contributed by atoms with Gasteiger partial charge in [-0.15, -0.1) is 0 Å². The summed E-state index contributed by atoms with van der Waals surface area (Å²) < 4.78 is 0. The Morgan fingerprint density at radius 1 is 1.00 bits per heavy atom. The number of piperazine rings is 1. The van der Waals surface area contributed by atoms with E-state index in [1.54, 1.807) is 0 Å². The van der Waals surface area contributed by atoms with E-state index in [1.807, 2.05) is 18.6 Å². The summed E-state index contributed by atoms with van der Waals surface area (Å²) >= 11 is 0. The second-order valence-corrected chi connectivity index (χ2v) is 11.2. The van der Waals surface area contributed by atoms with Crippen molar-refractivity contribution in [2.45, 2.75) is 32.1 Å². The number of fused-ring (bicyclic) bond motifs is 2. The van der Waals surface area contributed by atoms with Gasteiger partial charge in [-0.1, -0.05) is 31.9 Å². The lowest BCUT2D eigenvalue weighted by Crippen LogP contribution is -2.44. The minimum atomic E-state index is 0.529. The largest absolute Gasteiger partial charge is 0.367 e. The molecule has 1 aromatic carbocycles. The Balaban J connectivity index is 1.19. The molecule has 2 aliphatic rings. The molecule has 1 saturated heterocycles. The maximum atomic E-state index is 5.05. The highest BCUT2D eigenvalue weighted by Gasteiger charge is 2.21. The molecule has 5 aromatic rings. The van der Waals surface area contributed by atoms with Gasteiger partial charge in [-0.3, -0.25) is 15.1 Å². The highest BCUT2D eigenvalue weighted by molar-refractivity contribution is 5.96. The number of hydrogen-bond donors (Lipinski definition) is 3. The molecule has 0 unspecified atom stereocenters. The number of nitrogens with zero attached hydrogens (tertiary/aromatic N) is 6. The first kappa shape index (κ1) is 24.8. The van der Waals surface area contributed by atoms with Crippen LogP contribution in [0.1, 0.15) is 32.1 Å². The number of allylic oxidation sites excluding steroid dienone is 1. The van der Waals surface area contributed by atoms with Crippen LogP contribution in [-0.4, -0.2) is 68.3 Å².